The van der Waals surface area contributed by atoms with Gasteiger partial charge in [0.2, 0.25) is 0 Å². The van der Waals surface area contributed by atoms with E-state index in [0.29, 0.717) is 0 Å². The summed E-state index contributed by atoms with van der Waals surface area (Å²) in [4.78, 5) is 0. The molecule has 0 fully saturated rings. The second-order valence-corrected chi connectivity index (χ2v) is 13.5. The van der Waals surface area contributed by atoms with Crippen LogP contribution in [0.25, 0.3) is 0 Å². The van der Waals surface area contributed by atoms with E-state index in [4.69, 9.17) is 0 Å². The van der Waals surface area contributed by atoms with Crippen molar-refractivity contribution < 1.29 is 0 Å². The lowest BCUT2D eigenvalue weighted by atomic mass is 9.89. The quantitative estimate of drug-likeness (QED) is 0.274. The van der Waals surface area contributed by atoms with E-state index in [1.165, 1.54) is 231 Å². The molecule has 0 aliphatic heterocycles. The Morgan fingerprint density at radius 2 is 0.237 bits per heavy atom. The minimum absolute atomic E-state index is 1.44. The average Bonchev–Trinajstić information content (AvgIpc) is 2.92. The molecule has 0 aromatic carbocycles. The van der Waals surface area contributed by atoms with Crippen molar-refractivity contribution in [1.29, 1.82) is 0 Å². The summed E-state index contributed by atoms with van der Waals surface area (Å²) >= 11 is 0. The van der Waals surface area contributed by atoms with Gasteiger partial charge >= 0.3 is 0 Å². The topological polar surface area (TPSA) is 0 Å². The van der Waals surface area contributed by atoms with Gasteiger partial charge in [0.25, 0.3) is 0 Å². The molecule has 0 N–H and O–H groups in total. The third-order valence-corrected chi connectivity index (χ3v) is 9.91. The van der Waals surface area contributed by atoms with Gasteiger partial charge in [-0.25, -0.2) is 0 Å². The average molecular weight is 529 g/mol. The van der Waals surface area contributed by atoms with Crippen molar-refractivity contribution in [3.05, 3.63) is 11.1 Å². The zero-order chi connectivity index (χ0) is 26.6. The summed E-state index contributed by atoms with van der Waals surface area (Å²) in [6.07, 6.45) is 53.4. The molecule has 0 spiro atoms. The van der Waals surface area contributed by atoms with Gasteiger partial charge in [0, 0.05) is 0 Å². The standard InChI is InChI=1S/C38H72/c1-2-4-6-8-10-12-14-16-18-22-26-30-34-38-36-32-28-24-20-19-23-27-31-35-37(38)33-29-25-21-17-15-13-11-9-7-5-3-1/h1-36H2. The van der Waals surface area contributed by atoms with Crippen LogP contribution in [0.4, 0.5) is 0 Å². The molecule has 0 heterocycles. The summed E-state index contributed by atoms with van der Waals surface area (Å²) in [6.45, 7) is 0. The van der Waals surface area contributed by atoms with E-state index in [1.54, 1.807) is 0 Å². The predicted molar refractivity (Wildman–Crippen MR) is 173 cm³/mol. The fourth-order valence-electron chi connectivity index (χ4n) is 7.26. The Labute approximate surface area is 242 Å². The highest BCUT2D eigenvalue weighted by Gasteiger charge is 2.09. The molecule has 2 aliphatic rings. The first kappa shape index (κ1) is 33.9. The van der Waals surface area contributed by atoms with Gasteiger partial charge in [-0.15, -0.1) is 0 Å². The zero-order valence-electron chi connectivity index (χ0n) is 26.5. The second kappa shape index (κ2) is 26.9. The van der Waals surface area contributed by atoms with E-state index in [0.717, 1.165) is 0 Å². The van der Waals surface area contributed by atoms with Crippen LogP contribution in [-0.2, 0) is 0 Å². The Bertz CT molecular complexity index is 468. The SMILES string of the molecule is C1CCCCCCCCCCCCCC2=C(CCCCCCCCCCCC1)CCCCCCCCCC2. The van der Waals surface area contributed by atoms with Crippen molar-refractivity contribution in [3.63, 3.8) is 0 Å². The van der Waals surface area contributed by atoms with Gasteiger partial charge < -0.3 is 0 Å². The second-order valence-electron chi connectivity index (χ2n) is 13.5. The summed E-state index contributed by atoms with van der Waals surface area (Å²) in [6, 6.07) is 0. The van der Waals surface area contributed by atoms with Gasteiger partial charge in [-0.2, -0.15) is 0 Å². The maximum absolute atomic E-state index is 1.94. The maximum Gasteiger partial charge on any atom is -0.0318 e. The Morgan fingerprint density at radius 3 is 0.368 bits per heavy atom. The smallest absolute Gasteiger partial charge is 0.0318 e. The van der Waals surface area contributed by atoms with Gasteiger partial charge in [0.1, 0.15) is 0 Å². The maximum atomic E-state index is 1.94. The summed E-state index contributed by atoms with van der Waals surface area (Å²) in [5.74, 6) is 0. The van der Waals surface area contributed by atoms with E-state index in [9.17, 15) is 0 Å². The summed E-state index contributed by atoms with van der Waals surface area (Å²) in [5, 5.41) is 0. The van der Waals surface area contributed by atoms with Crippen LogP contribution in [0.5, 0.6) is 0 Å². The molecular formula is C38H72. The Balaban J connectivity index is 1.78. The molecule has 0 aromatic rings. The van der Waals surface area contributed by atoms with E-state index in [2.05, 4.69) is 0 Å². The first-order valence-electron chi connectivity index (χ1n) is 18.7. The van der Waals surface area contributed by atoms with E-state index in [1.807, 2.05) is 11.1 Å². The molecule has 0 amide bonds. The van der Waals surface area contributed by atoms with Crippen LogP contribution in [0, 0.1) is 0 Å². The largest absolute Gasteiger partial charge is 0.0710 e. The lowest BCUT2D eigenvalue weighted by molar-refractivity contribution is 0.512. The molecule has 0 nitrogen and oxygen atoms in total. The van der Waals surface area contributed by atoms with Gasteiger partial charge in [0.15, 0.2) is 0 Å². The molecule has 0 saturated carbocycles. The van der Waals surface area contributed by atoms with Crippen molar-refractivity contribution in [3.8, 4) is 0 Å². The Morgan fingerprint density at radius 1 is 0.132 bits per heavy atom. The molecule has 0 saturated heterocycles. The molecule has 2 rings (SSSR count). The van der Waals surface area contributed by atoms with Crippen molar-refractivity contribution in [1.82, 2.24) is 0 Å². The van der Waals surface area contributed by atoms with Crippen LogP contribution in [0.1, 0.15) is 231 Å². The highest BCUT2D eigenvalue weighted by molar-refractivity contribution is 5.15. The molecule has 224 valence electrons. The van der Waals surface area contributed by atoms with Crippen molar-refractivity contribution >= 4 is 0 Å². The van der Waals surface area contributed by atoms with Crippen LogP contribution in [-0.4, -0.2) is 0 Å². The van der Waals surface area contributed by atoms with E-state index >= 15 is 0 Å². The monoisotopic (exact) mass is 529 g/mol. The molecule has 38 heavy (non-hydrogen) atoms. The third kappa shape index (κ3) is 20.6. The minimum Gasteiger partial charge on any atom is -0.0710 e. The molecule has 2 aliphatic carbocycles. The molecule has 0 radical (unpaired) electrons. The molecule has 0 atom stereocenters. The first-order valence-corrected chi connectivity index (χ1v) is 18.7. The number of allylic oxidation sites excluding steroid dienone is 2. The normalized spacial score (nSPS) is 24.6. The number of rotatable bonds is 0. The van der Waals surface area contributed by atoms with E-state index in [-0.39, 0.29) is 0 Å². The fourth-order valence-corrected chi connectivity index (χ4v) is 7.26. The van der Waals surface area contributed by atoms with Crippen LogP contribution < -0.4 is 0 Å². The summed E-state index contributed by atoms with van der Waals surface area (Å²) in [5.41, 5.74) is 3.89. The van der Waals surface area contributed by atoms with Crippen LogP contribution in [0.15, 0.2) is 11.1 Å². The third-order valence-electron chi connectivity index (χ3n) is 9.91. The van der Waals surface area contributed by atoms with Crippen LogP contribution in [0.2, 0.25) is 0 Å². The molecule has 0 unspecified atom stereocenters. The van der Waals surface area contributed by atoms with Gasteiger partial charge in [-0.05, 0) is 51.4 Å². The lowest BCUT2D eigenvalue weighted by Crippen LogP contribution is -1.98. The Hall–Kier alpha value is -0.260. The minimum atomic E-state index is 1.44. The van der Waals surface area contributed by atoms with Gasteiger partial charge in [-0.3, -0.25) is 0 Å². The summed E-state index contributed by atoms with van der Waals surface area (Å²) < 4.78 is 0. The molecule has 0 heteroatoms. The fraction of sp³-hybridized carbons (Fsp3) is 0.947. The van der Waals surface area contributed by atoms with Crippen LogP contribution in [0.3, 0.4) is 0 Å². The first-order chi connectivity index (χ1) is 19.0. The molecule has 0 aromatic heterocycles. The van der Waals surface area contributed by atoms with Crippen molar-refractivity contribution in [2.75, 3.05) is 0 Å². The van der Waals surface area contributed by atoms with Gasteiger partial charge in [-0.1, -0.05) is 191 Å². The van der Waals surface area contributed by atoms with Crippen molar-refractivity contribution in [2.45, 2.75) is 231 Å². The van der Waals surface area contributed by atoms with Crippen molar-refractivity contribution in [2.24, 2.45) is 0 Å². The number of hydrogen-bond acceptors (Lipinski definition) is 0. The van der Waals surface area contributed by atoms with E-state index < -0.39 is 0 Å². The molecule has 0 bridgehead atoms. The summed E-state index contributed by atoms with van der Waals surface area (Å²) in [7, 11) is 0. The number of hydrogen-bond donors (Lipinski definition) is 0. The van der Waals surface area contributed by atoms with Gasteiger partial charge in [0.05, 0.1) is 0 Å². The molecular weight excluding hydrogens is 456 g/mol. The van der Waals surface area contributed by atoms with Crippen LogP contribution >= 0.6 is 0 Å². The zero-order valence-corrected chi connectivity index (χ0v) is 26.5. The highest BCUT2D eigenvalue weighted by atomic mass is 14.2. The predicted octanol–water partition coefficient (Wildman–Crippen LogP) is 14.4. The Kier molecular flexibility index (Phi) is 24.1. The lowest BCUT2D eigenvalue weighted by Gasteiger charge is -2.18. The highest BCUT2D eigenvalue weighted by Crippen LogP contribution is 2.29.